The van der Waals surface area contributed by atoms with Gasteiger partial charge in [-0.05, 0) is 65.5 Å². The van der Waals surface area contributed by atoms with Gasteiger partial charge >= 0.3 is 0 Å². The molecule has 0 bridgehead atoms. The predicted octanol–water partition coefficient (Wildman–Crippen LogP) is 6.56. The lowest BCUT2D eigenvalue weighted by Crippen LogP contribution is -1.99. The molecule has 0 aliphatic heterocycles. The van der Waals surface area contributed by atoms with Crippen LogP contribution in [0.5, 0.6) is 0 Å². The van der Waals surface area contributed by atoms with Crippen molar-refractivity contribution in [1.29, 1.82) is 0 Å². The molecule has 0 unspecified atom stereocenters. The van der Waals surface area contributed by atoms with Gasteiger partial charge in [-0.2, -0.15) is 0 Å². The third-order valence-electron chi connectivity index (χ3n) is 5.50. The largest absolute Gasteiger partial charge is 0.241 e. The summed E-state index contributed by atoms with van der Waals surface area (Å²) in [6.45, 7) is 2.09. The molecule has 4 aromatic rings. The van der Waals surface area contributed by atoms with Crippen molar-refractivity contribution >= 4 is 22.4 Å². The Morgan fingerprint density at radius 1 is 0.767 bits per heavy atom. The van der Waals surface area contributed by atoms with E-state index in [0.717, 1.165) is 58.6 Å². The molecule has 3 aromatic carbocycles. The SMILES string of the molecule is CCc1cnc(CCc2ccc3c(F)c(CCc4ccc(Cl)cc4)ccc3c2)nc1. The van der Waals surface area contributed by atoms with Crippen LogP contribution in [0.1, 0.15) is 35.0 Å². The van der Waals surface area contributed by atoms with Gasteiger partial charge < -0.3 is 0 Å². The normalized spacial score (nSPS) is 11.2. The summed E-state index contributed by atoms with van der Waals surface area (Å²) in [4.78, 5) is 8.85. The molecule has 4 heteroatoms. The Morgan fingerprint density at radius 3 is 2.20 bits per heavy atom. The van der Waals surface area contributed by atoms with Crippen LogP contribution in [0.3, 0.4) is 0 Å². The zero-order chi connectivity index (χ0) is 20.9. The molecule has 0 saturated heterocycles. The third kappa shape index (κ3) is 4.85. The Morgan fingerprint density at radius 2 is 1.47 bits per heavy atom. The van der Waals surface area contributed by atoms with Crippen molar-refractivity contribution in [3.05, 3.63) is 106 Å². The van der Waals surface area contributed by atoms with Gasteiger partial charge in [0.15, 0.2) is 0 Å². The van der Waals surface area contributed by atoms with Crippen LogP contribution in [-0.4, -0.2) is 9.97 Å². The van der Waals surface area contributed by atoms with E-state index in [0.29, 0.717) is 11.8 Å². The molecule has 0 fully saturated rings. The summed E-state index contributed by atoms with van der Waals surface area (Å²) in [6, 6.07) is 17.6. The van der Waals surface area contributed by atoms with Gasteiger partial charge in [0.2, 0.25) is 0 Å². The molecule has 0 aliphatic carbocycles. The van der Waals surface area contributed by atoms with Crippen molar-refractivity contribution in [2.24, 2.45) is 0 Å². The number of halogens is 2. The van der Waals surface area contributed by atoms with Gasteiger partial charge in [0.05, 0.1) is 0 Å². The first-order valence-electron chi connectivity index (χ1n) is 10.4. The number of aromatic nitrogens is 2. The molecule has 0 aliphatic rings. The van der Waals surface area contributed by atoms with E-state index in [-0.39, 0.29) is 5.82 Å². The maximum atomic E-state index is 15.0. The van der Waals surface area contributed by atoms with Crippen LogP contribution in [0.15, 0.2) is 67.0 Å². The standard InChI is InChI=1S/C26H24ClFN2/c1-2-18-16-29-25(30-17-18)14-7-20-6-13-24-22(15-20)10-9-21(26(24)28)8-3-19-4-11-23(27)12-5-19/h4-6,9-13,15-17H,2-3,7-8,14H2,1H3. The summed E-state index contributed by atoms with van der Waals surface area (Å²) in [6.07, 6.45) is 7.79. The fourth-order valence-electron chi connectivity index (χ4n) is 3.61. The minimum atomic E-state index is -0.119. The van der Waals surface area contributed by atoms with Crippen molar-refractivity contribution < 1.29 is 4.39 Å². The van der Waals surface area contributed by atoms with Crippen molar-refractivity contribution in [1.82, 2.24) is 9.97 Å². The van der Waals surface area contributed by atoms with Crippen LogP contribution in [0.2, 0.25) is 5.02 Å². The van der Waals surface area contributed by atoms with E-state index in [1.807, 2.05) is 60.9 Å². The van der Waals surface area contributed by atoms with E-state index in [1.54, 1.807) is 0 Å². The summed E-state index contributed by atoms with van der Waals surface area (Å²) in [7, 11) is 0. The Labute approximate surface area is 181 Å². The van der Waals surface area contributed by atoms with E-state index < -0.39 is 0 Å². The van der Waals surface area contributed by atoms with Crippen LogP contribution in [0.4, 0.5) is 4.39 Å². The maximum absolute atomic E-state index is 15.0. The summed E-state index contributed by atoms with van der Waals surface area (Å²) in [5, 5.41) is 2.33. The quantitative estimate of drug-likeness (QED) is 0.340. The van der Waals surface area contributed by atoms with Crippen LogP contribution in [-0.2, 0) is 32.1 Å². The van der Waals surface area contributed by atoms with Gasteiger partial charge in [0, 0.05) is 29.2 Å². The Bertz CT molecular complexity index is 1140. The van der Waals surface area contributed by atoms with Crippen LogP contribution >= 0.6 is 11.6 Å². The molecular weight excluding hydrogens is 395 g/mol. The van der Waals surface area contributed by atoms with Gasteiger partial charge in [-0.1, -0.05) is 61.0 Å². The molecule has 152 valence electrons. The van der Waals surface area contributed by atoms with Crippen molar-refractivity contribution in [3.63, 3.8) is 0 Å². The second-order valence-corrected chi connectivity index (χ2v) is 8.02. The summed E-state index contributed by atoms with van der Waals surface area (Å²) in [5.74, 6) is 0.725. The zero-order valence-corrected chi connectivity index (χ0v) is 17.8. The highest BCUT2D eigenvalue weighted by atomic mass is 35.5. The summed E-state index contributed by atoms with van der Waals surface area (Å²) >= 11 is 5.93. The number of rotatable bonds is 7. The van der Waals surface area contributed by atoms with Crippen LogP contribution in [0, 0.1) is 5.82 Å². The van der Waals surface area contributed by atoms with Gasteiger partial charge in [-0.3, -0.25) is 0 Å². The smallest absolute Gasteiger partial charge is 0.134 e. The molecular formula is C26H24ClFN2. The third-order valence-corrected chi connectivity index (χ3v) is 5.75. The fourth-order valence-corrected chi connectivity index (χ4v) is 3.74. The topological polar surface area (TPSA) is 25.8 Å². The van der Waals surface area contributed by atoms with Gasteiger partial charge in [0.1, 0.15) is 11.6 Å². The molecule has 0 saturated carbocycles. The van der Waals surface area contributed by atoms with Gasteiger partial charge in [-0.25, -0.2) is 14.4 Å². The fraction of sp³-hybridized carbons (Fsp3) is 0.231. The maximum Gasteiger partial charge on any atom is 0.134 e. The molecule has 1 heterocycles. The lowest BCUT2D eigenvalue weighted by atomic mass is 9.98. The average Bonchev–Trinajstić information content (AvgIpc) is 2.78. The minimum absolute atomic E-state index is 0.119. The summed E-state index contributed by atoms with van der Waals surface area (Å²) in [5.41, 5.74) is 4.21. The van der Waals surface area contributed by atoms with Crippen LogP contribution in [0.25, 0.3) is 10.8 Å². The first kappa shape index (κ1) is 20.5. The molecule has 0 atom stereocenters. The van der Waals surface area contributed by atoms with E-state index in [2.05, 4.69) is 23.0 Å². The Balaban J connectivity index is 1.45. The summed E-state index contributed by atoms with van der Waals surface area (Å²) < 4.78 is 15.0. The highest BCUT2D eigenvalue weighted by Crippen LogP contribution is 2.24. The van der Waals surface area contributed by atoms with Crippen molar-refractivity contribution in [2.45, 2.75) is 39.0 Å². The van der Waals surface area contributed by atoms with Gasteiger partial charge in [0.25, 0.3) is 0 Å². The minimum Gasteiger partial charge on any atom is -0.241 e. The second kappa shape index (κ2) is 9.36. The highest BCUT2D eigenvalue weighted by Gasteiger charge is 2.09. The first-order chi connectivity index (χ1) is 14.6. The molecule has 0 spiro atoms. The van der Waals surface area contributed by atoms with E-state index in [9.17, 15) is 0 Å². The van der Waals surface area contributed by atoms with E-state index in [4.69, 9.17) is 11.6 Å². The Hall–Kier alpha value is -2.78. The van der Waals surface area contributed by atoms with E-state index in [1.165, 1.54) is 5.56 Å². The number of hydrogen-bond acceptors (Lipinski definition) is 2. The zero-order valence-electron chi connectivity index (χ0n) is 17.0. The van der Waals surface area contributed by atoms with E-state index >= 15 is 4.39 Å². The number of nitrogens with zero attached hydrogens (tertiary/aromatic N) is 2. The molecule has 2 nitrogen and oxygen atoms in total. The molecule has 0 amide bonds. The second-order valence-electron chi connectivity index (χ2n) is 7.58. The molecule has 0 N–H and O–H groups in total. The molecule has 0 radical (unpaired) electrons. The molecule has 30 heavy (non-hydrogen) atoms. The lowest BCUT2D eigenvalue weighted by Gasteiger charge is -2.09. The van der Waals surface area contributed by atoms with Crippen molar-refractivity contribution in [3.8, 4) is 0 Å². The Kier molecular flexibility index (Phi) is 6.39. The predicted molar refractivity (Wildman–Crippen MR) is 122 cm³/mol. The molecule has 4 rings (SSSR count). The number of hydrogen-bond donors (Lipinski definition) is 0. The van der Waals surface area contributed by atoms with Crippen molar-refractivity contribution in [2.75, 3.05) is 0 Å². The molecule has 1 aromatic heterocycles. The number of benzene rings is 3. The monoisotopic (exact) mass is 418 g/mol. The first-order valence-corrected chi connectivity index (χ1v) is 10.7. The van der Waals surface area contributed by atoms with Gasteiger partial charge in [-0.15, -0.1) is 0 Å². The number of fused-ring (bicyclic) bond motifs is 1. The highest BCUT2D eigenvalue weighted by molar-refractivity contribution is 6.30. The average molecular weight is 419 g/mol. The van der Waals surface area contributed by atoms with Crippen LogP contribution < -0.4 is 0 Å². The number of aryl methyl sites for hydroxylation is 5. The lowest BCUT2D eigenvalue weighted by molar-refractivity contribution is 0.620.